The summed E-state index contributed by atoms with van der Waals surface area (Å²) in [5.41, 5.74) is 0. The van der Waals surface area contributed by atoms with E-state index in [2.05, 4.69) is 31.3 Å². The maximum Gasteiger partial charge on any atom is 0.220 e. The fraction of sp³-hybridized carbons (Fsp3) is 0.934. The molecule has 7 unspecified atom stereocenters. The second kappa shape index (κ2) is 65.6. The molecule has 0 aromatic heterocycles. The van der Waals surface area contributed by atoms with Crippen LogP contribution in [0.2, 0.25) is 0 Å². The fourth-order valence-electron chi connectivity index (χ4n) is 12.6. The van der Waals surface area contributed by atoms with Crippen LogP contribution in [0.25, 0.3) is 0 Å². The van der Waals surface area contributed by atoms with Gasteiger partial charge in [0.15, 0.2) is 6.29 Å². The molecule has 1 fully saturated rings. The van der Waals surface area contributed by atoms with Gasteiger partial charge in [-0.3, -0.25) is 4.79 Å². The van der Waals surface area contributed by atoms with Crippen molar-refractivity contribution >= 4 is 5.91 Å². The number of nitrogens with one attached hydrogen (secondary N) is 1. The van der Waals surface area contributed by atoms with Crippen LogP contribution >= 0.6 is 0 Å². The summed E-state index contributed by atoms with van der Waals surface area (Å²) in [6.45, 7) is 3.83. The van der Waals surface area contributed by atoms with Crippen LogP contribution in [-0.4, -0.2) is 87.5 Å². The Morgan fingerprint density at radius 3 is 0.988 bits per heavy atom. The molecule has 6 N–H and O–H groups in total. The van der Waals surface area contributed by atoms with E-state index in [4.69, 9.17) is 9.47 Å². The highest BCUT2D eigenvalue weighted by Crippen LogP contribution is 2.24. The van der Waals surface area contributed by atoms with Crippen LogP contribution in [0.4, 0.5) is 0 Å². The second-order valence-electron chi connectivity index (χ2n) is 26.8. The van der Waals surface area contributed by atoms with Crippen molar-refractivity contribution in [2.45, 2.75) is 442 Å². The van der Waals surface area contributed by atoms with Crippen LogP contribution in [-0.2, 0) is 14.3 Å². The van der Waals surface area contributed by atoms with E-state index in [1.54, 1.807) is 6.08 Å². The summed E-state index contributed by atoms with van der Waals surface area (Å²) in [6.07, 6.45) is 80.4. The summed E-state index contributed by atoms with van der Waals surface area (Å²) in [4.78, 5) is 13.1. The first-order valence-electron chi connectivity index (χ1n) is 38.1. The lowest BCUT2D eigenvalue weighted by atomic mass is 9.99. The summed E-state index contributed by atoms with van der Waals surface area (Å²) in [6, 6.07) is -0.821. The van der Waals surface area contributed by atoms with Gasteiger partial charge in [0.1, 0.15) is 24.4 Å². The third kappa shape index (κ3) is 54.2. The number of rotatable bonds is 68. The summed E-state index contributed by atoms with van der Waals surface area (Å²) in [7, 11) is 0. The van der Waals surface area contributed by atoms with Gasteiger partial charge in [-0.15, -0.1) is 0 Å². The fourth-order valence-corrected chi connectivity index (χ4v) is 12.6. The molecular weight excluding hydrogens is 1050 g/mol. The van der Waals surface area contributed by atoms with Gasteiger partial charge in [0, 0.05) is 6.42 Å². The number of carbonyl (C=O) groups excluding carboxylic acids is 1. The number of ether oxygens (including phenoxy) is 2. The van der Waals surface area contributed by atoms with Crippen LogP contribution in [0.5, 0.6) is 0 Å². The highest BCUT2D eigenvalue weighted by atomic mass is 16.7. The van der Waals surface area contributed by atoms with E-state index >= 15 is 0 Å². The van der Waals surface area contributed by atoms with E-state index in [-0.39, 0.29) is 12.5 Å². The number of hydrogen-bond acceptors (Lipinski definition) is 8. The molecule has 1 aliphatic rings. The molecule has 9 nitrogen and oxygen atoms in total. The number of unbranched alkanes of at least 4 members (excludes halogenated alkanes) is 56. The van der Waals surface area contributed by atoms with Gasteiger partial charge in [-0.25, -0.2) is 0 Å². The van der Waals surface area contributed by atoms with Gasteiger partial charge in [0.25, 0.3) is 0 Å². The Bertz CT molecular complexity index is 1390. The van der Waals surface area contributed by atoms with E-state index in [9.17, 15) is 30.3 Å². The molecule has 504 valence electrons. The van der Waals surface area contributed by atoms with Crippen LogP contribution < -0.4 is 5.32 Å². The monoisotopic (exact) mass is 1200 g/mol. The molecule has 1 amide bonds. The maximum atomic E-state index is 13.1. The SMILES string of the molecule is CCCCCCCCCCCCCCCCCCCCCCCCC/C=C/CC/C=C/C(O)C(COC1OC(CO)C(O)C(O)C1O)NC(=O)CCCCCCCCCCCCCCCCCCCCCCCCCCCCCCCCCCC. The first-order chi connectivity index (χ1) is 41.8. The van der Waals surface area contributed by atoms with Crippen LogP contribution in [0.15, 0.2) is 24.3 Å². The third-order valence-corrected chi connectivity index (χ3v) is 18.5. The Morgan fingerprint density at radius 1 is 0.388 bits per heavy atom. The highest BCUT2D eigenvalue weighted by molar-refractivity contribution is 5.76. The lowest BCUT2D eigenvalue weighted by Gasteiger charge is -2.40. The van der Waals surface area contributed by atoms with Gasteiger partial charge in [-0.05, 0) is 32.1 Å². The predicted octanol–water partition coefficient (Wildman–Crippen LogP) is 21.2. The van der Waals surface area contributed by atoms with Crippen molar-refractivity contribution in [3.63, 3.8) is 0 Å². The first kappa shape index (κ1) is 81.7. The number of hydrogen-bond donors (Lipinski definition) is 6. The molecule has 0 spiro atoms. The molecule has 0 aliphatic carbocycles. The molecule has 85 heavy (non-hydrogen) atoms. The molecule has 9 heteroatoms. The average Bonchev–Trinajstić information content (AvgIpc) is 3.71. The summed E-state index contributed by atoms with van der Waals surface area (Å²) in [5, 5.41) is 54.8. The Labute approximate surface area is 528 Å². The van der Waals surface area contributed by atoms with Crippen molar-refractivity contribution in [2.75, 3.05) is 13.2 Å². The second-order valence-corrected chi connectivity index (χ2v) is 26.8. The average molecular weight is 1200 g/mol. The normalized spacial score (nSPS) is 18.1. The Morgan fingerprint density at radius 2 is 0.671 bits per heavy atom. The zero-order chi connectivity index (χ0) is 61.4. The molecule has 0 bridgehead atoms. The standard InChI is InChI=1S/C76H147NO8/c1-3-5-7-9-11-13-15-17-19-21-23-25-27-29-31-33-34-35-36-38-40-42-44-46-48-50-52-54-56-58-60-62-64-66-72(80)77-69(68-84-76-75(83)74(82)73(81)71(67-78)85-76)70(79)65-63-61-59-57-55-53-51-49-47-45-43-41-39-37-32-30-28-26-24-22-20-18-16-14-12-10-8-6-4-2/h55,57,63,65,69-71,73-76,78-79,81-83H,3-54,56,58-62,64,66-68H2,1-2H3,(H,77,80)/b57-55+,65-63+. The zero-order valence-electron chi connectivity index (χ0n) is 56.7. The Kier molecular flexibility index (Phi) is 63.1. The Hall–Kier alpha value is -1.33. The number of allylic oxidation sites excluding steroid dienone is 3. The van der Waals surface area contributed by atoms with Gasteiger partial charge in [-0.2, -0.15) is 0 Å². The van der Waals surface area contributed by atoms with Gasteiger partial charge < -0.3 is 40.3 Å². The minimum absolute atomic E-state index is 0.177. The molecule has 0 saturated carbocycles. The van der Waals surface area contributed by atoms with Gasteiger partial charge >= 0.3 is 0 Å². The molecule has 0 aromatic rings. The number of aliphatic hydroxyl groups is 5. The minimum Gasteiger partial charge on any atom is -0.394 e. The summed E-state index contributed by atoms with van der Waals surface area (Å²) >= 11 is 0. The smallest absolute Gasteiger partial charge is 0.220 e. The Balaban J connectivity index is 2.09. The largest absolute Gasteiger partial charge is 0.394 e. The van der Waals surface area contributed by atoms with Crippen LogP contribution in [0.3, 0.4) is 0 Å². The minimum atomic E-state index is -1.57. The van der Waals surface area contributed by atoms with Crippen molar-refractivity contribution < 1.29 is 39.8 Å². The molecule has 1 heterocycles. The third-order valence-electron chi connectivity index (χ3n) is 18.5. The van der Waals surface area contributed by atoms with Crippen LogP contribution in [0, 0.1) is 0 Å². The van der Waals surface area contributed by atoms with Crippen molar-refractivity contribution in [3.8, 4) is 0 Å². The van der Waals surface area contributed by atoms with Crippen molar-refractivity contribution in [1.29, 1.82) is 0 Å². The van der Waals surface area contributed by atoms with Crippen LogP contribution in [0.1, 0.15) is 399 Å². The van der Waals surface area contributed by atoms with Gasteiger partial charge in [0.05, 0.1) is 25.4 Å². The predicted molar refractivity (Wildman–Crippen MR) is 364 cm³/mol. The van der Waals surface area contributed by atoms with E-state index in [1.165, 1.54) is 340 Å². The molecule has 1 saturated heterocycles. The summed E-state index contributed by atoms with van der Waals surface area (Å²) in [5.74, 6) is -0.177. The van der Waals surface area contributed by atoms with E-state index < -0.39 is 49.5 Å². The van der Waals surface area contributed by atoms with Gasteiger partial charge in [0.2, 0.25) is 5.91 Å². The molecule has 0 aromatic carbocycles. The molecule has 1 aliphatic heterocycles. The molecule has 1 rings (SSSR count). The topological polar surface area (TPSA) is 149 Å². The van der Waals surface area contributed by atoms with E-state index in [1.807, 2.05) is 6.08 Å². The number of aliphatic hydroxyl groups excluding tert-OH is 5. The zero-order valence-corrected chi connectivity index (χ0v) is 56.7. The summed E-state index contributed by atoms with van der Waals surface area (Å²) < 4.78 is 11.3. The lowest BCUT2D eigenvalue weighted by Crippen LogP contribution is -2.60. The molecule has 7 atom stereocenters. The van der Waals surface area contributed by atoms with Crippen molar-refractivity contribution in [1.82, 2.24) is 5.32 Å². The number of amides is 1. The molecular formula is C76H147NO8. The molecule has 0 radical (unpaired) electrons. The highest BCUT2D eigenvalue weighted by Gasteiger charge is 2.44. The van der Waals surface area contributed by atoms with Gasteiger partial charge in [-0.1, -0.05) is 385 Å². The van der Waals surface area contributed by atoms with E-state index in [0.717, 1.165) is 38.5 Å². The van der Waals surface area contributed by atoms with E-state index in [0.29, 0.717) is 6.42 Å². The quantitative estimate of drug-likeness (QED) is 0.0261. The lowest BCUT2D eigenvalue weighted by molar-refractivity contribution is -0.302. The number of carbonyl (C=O) groups is 1. The maximum absolute atomic E-state index is 13.1. The van der Waals surface area contributed by atoms with Crippen molar-refractivity contribution in [3.05, 3.63) is 24.3 Å². The van der Waals surface area contributed by atoms with Crippen molar-refractivity contribution in [2.24, 2.45) is 0 Å². The first-order valence-corrected chi connectivity index (χ1v) is 38.1.